The van der Waals surface area contributed by atoms with Crippen LogP contribution in [-0.4, -0.2) is 47.0 Å². The SMILES string of the molecule is CCNC(=O)C(=O)C(Cc1ccccc1)NC(=O)[C@@H]1CCC(=O)N1Cc1ccccc1C(F)(F)F. The first-order chi connectivity index (χ1) is 16.6. The lowest BCUT2D eigenvalue weighted by Crippen LogP contribution is -2.53. The van der Waals surface area contributed by atoms with Crippen molar-refractivity contribution in [1.29, 1.82) is 0 Å². The fourth-order valence-electron chi connectivity index (χ4n) is 4.06. The van der Waals surface area contributed by atoms with Gasteiger partial charge >= 0.3 is 6.18 Å². The molecule has 0 saturated carbocycles. The Labute approximate surface area is 200 Å². The van der Waals surface area contributed by atoms with Crippen molar-refractivity contribution in [2.75, 3.05) is 6.54 Å². The molecule has 35 heavy (non-hydrogen) atoms. The monoisotopic (exact) mass is 489 g/mol. The van der Waals surface area contributed by atoms with Crippen molar-refractivity contribution in [3.8, 4) is 0 Å². The summed E-state index contributed by atoms with van der Waals surface area (Å²) in [5.74, 6) is -2.86. The van der Waals surface area contributed by atoms with E-state index in [-0.39, 0.29) is 31.4 Å². The van der Waals surface area contributed by atoms with Gasteiger partial charge in [-0.3, -0.25) is 19.2 Å². The van der Waals surface area contributed by atoms with E-state index in [0.717, 1.165) is 11.0 Å². The van der Waals surface area contributed by atoms with Crippen LogP contribution in [0.5, 0.6) is 0 Å². The zero-order chi connectivity index (χ0) is 25.6. The summed E-state index contributed by atoms with van der Waals surface area (Å²) in [4.78, 5) is 51.7. The van der Waals surface area contributed by atoms with Crippen molar-refractivity contribution < 1.29 is 32.3 Å². The minimum Gasteiger partial charge on any atom is -0.350 e. The van der Waals surface area contributed by atoms with E-state index in [1.54, 1.807) is 37.3 Å². The van der Waals surface area contributed by atoms with E-state index in [1.807, 2.05) is 0 Å². The van der Waals surface area contributed by atoms with Crippen LogP contribution in [0.1, 0.15) is 36.5 Å². The third-order valence-electron chi connectivity index (χ3n) is 5.77. The smallest absolute Gasteiger partial charge is 0.350 e. The first-order valence-corrected chi connectivity index (χ1v) is 11.2. The summed E-state index contributed by atoms with van der Waals surface area (Å²) in [5, 5.41) is 4.97. The highest BCUT2D eigenvalue weighted by molar-refractivity contribution is 6.38. The number of carbonyl (C=O) groups excluding carboxylic acids is 4. The summed E-state index contributed by atoms with van der Waals surface area (Å²) in [7, 11) is 0. The fraction of sp³-hybridized carbons (Fsp3) is 0.360. The highest BCUT2D eigenvalue weighted by atomic mass is 19.4. The van der Waals surface area contributed by atoms with Crippen molar-refractivity contribution in [1.82, 2.24) is 15.5 Å². The van der Waals surface area contributed by atoms with Crippen LogP contribution in [0.15, 0.2) is 54.6 Å². The Kier molecular flexibility index (Phi) is 8.26. The van der Waals surface area contributed by atoms with Crippen LogP contribution in [0.3, 0.4) is 0 Å². The van der Waals surface area contributed by atoms with E-state index < -0.39 is 53.9 Å². The molecule has 0 bridgehead atoms. The number of nitrogens with one attached hydrogen (secondary N) is 2. The van der Waals surface area contributed by atoms with Gasteiger partial charge < -0.3 is 15.5 Å². The molecule has 1 fully saturated rings. The molecule has 1 saturated heterocycles. The quantitative estimate of drug-likeness (QED) is 0.530. The summed E-state index contributed by atoms with van der Waals surface area (Å²) < 4.78 is 40.3. The maximum Gasteiger partial charge on any atom is 0.416 e. The highest BCUT2D eigenvalue weighted by Gasteiger charge is 2.40. The molecule has 3 amide bonds. The highest BCUT2D eigenvalue weighted by Crippen LogP contribution is 2.33. The van der Waals surface area contributed by atoms with Gasteiger partial charge in [-0.25, -0.2) is 0 Å². The molecule has 1 heterocycles. The predicted molar refractivity (Wildman–Crippen MR) is 121 cm³/mol. The number of carbonyl (C=O) groups is 4. The van der Waals surface area contributed by atoms with Crippen LogP contribution in [-0.2, 0) is 38.3 Å². The lowest BCUT2D eigenvalue weighted by atomic mass is 10.0. The average Bonchev–Trinajstić information content (AvgIpc) is 3.18. The first kappa shape index (κ1) is 25.9. The summed E-state index contributed by atoms with van der Waals surface area (Å²) in [6.45, 7) is 1.47. The number of alkyl halides is 3. The summed E-state index contributed by atoms with van der Waals surface area (Å²) >= 11 is 0. The van der Waals surface area contributed by atoms with Gasteiger partial charge in [0, 0.05) is 25.9 Å². The standard InChI is InChI=1S/C25H26F3N3O4/c1-2-29-24(35)22(33)19(14-16-8-4-3-5-9-16)30-23(34)20-12-13-21(32)31(20)15-17-10-6-7-11-18(17)25(26,27)28/h3-11,19-20H,2,12-15H2,1H3,(H,29,35)(H,30,34)/t19?,20-/m0/s1. The molecule has 2 aromatic rings. The predicted octanol–water partition coefficient (Wildman–Crippen LogP) is 2.63. The lowest BCUT2D eigenvalue weighted by molar-refractivity contribution is -0.142. The van der Waals surface area contributed by atoms with Crippen LogP contribution >= 0.6 is 0 Å². The van der Waals surface area contributed by atoms with E-state index >= 15 is 0 Å². The third-order valence-corrected chi connectivity index (χ3v) is 5.77. The van der Waals surface area contributed by atoms with Crippen LogP contribution in [0.4, 0.5) is 13.2 Å². The average molecular weight is 489 g/mol. The minimum atomic E-state index is -4.61. The number of rotatable bonds is 9. The number of ketones is 1. The molecular formula is C25H26F3N3O4. The van der Waals surface area contributed by atoms with E-state index in [9.17, 15) is 32.3 Å². The van der Waals surface area contributed by atoms with Gasteiger partial charge in [0.25, 0.3) is 5.91 Å². The fourth-order valence-corrected chi connectivity index (χ4v) is 4.06. The second-order valence-corrected chi connectivity index (χ2v) is 8.21. The van der Waals surface area contributed by atoms with Gasteiger partial charge in [-0.15, -0.1) is 0 Å². The zero-order valence-corrected chi connectivity index (χ0v) is 19.1. The van der Waals surface area contributed by atoms with E-state index in [4.69, 9.17) is 0 Å². The molecule has 0 spiro atoms. The molecule has 0 aromatic heterocycles. The number of amides is 3. The molecule has 2 aromatic carbocycles. The van der Waals surface area contributed by atoms with E-state index in [1.165, 1.54) is 18.2 Å². The van der Waals surface area contributed by atoms with Crippen molar-refractivity contribution in [2.45, 2.75) is 51.0 Å². The normalized spacial score (nSPS) is 16.6. The third kappa shape index (κ3) is 6.46. The topological polar surface area (TPSA) is 95.6 Å². The van der Waals surface area contributed by atoms with Gasteiger partial charge in [-0.2, -0.15) is 13.2 Å². The summed E-state index contributed by atoms with van der Waals surface area (Å²) in [6, 6.07) is 11.4. The van der Waals surface area contributed by atoms with Crippen molar-refractivity contribution in [2.24, 2.45) is 0 Å². The zero-order valence-electron chi connectivity index (χ0n) is 19.1. The Morgan fingerprint density at radius 3 is 2.37 bits per heavy atom. The van der Waals surface area contributed by atoms with Gasteiger partial charge in [0.2, 0.25) is 17.6 Å². The Morgan fingerprint density at radius 2 is 1.71 bits per heavy atom. The molecule has 186 valence electrons. The number of likely N-dealkylation sites (N-methyl/N-ethyl adjacent to an activating group) is 1. The number of nitrogens with zero attached hydrogens (tertiary/aromatic N) is 1. The molecule has 7 nitrogen and oxygen atoms in total. The Hall–Kier alpha value is -3.69. The van der Waals surface area contributed by atoms with Crippen LogP contribution in [0, 0.1) is 0 Å². The van der Waals surface area contributed by atoms with E-state index in [0.29, 0.717) is 5.56 Å². The van der Waals surface area contributed by atoms with Gasteiger partial charge in [0.15, 0.2) is 0 Å². The molecule has 2 N–H and O–H groups in total. The van der Waals surface area contributed by atoms with Crippen LogP contribution in [0.2, 0.25) is 0 Å². The number of likely N-dealkylation sites (tertiary alicyclic amines) is 1. The van der Waals surface area contributed by atoms with Crippen molar-refractivity contribution in [3.63, 3.8) is 0 Å². The van der Waals surface area contributed by atoms with Gasteiger partial charge in [0.05, 0.1) is 5.56 Å². The largest absolute Gasteiger partial charge is 0.416 e. The molecule has 1 aliphatic rings. The second-order valence-electron chi connectivity index (χ2n) is 8.21. The lowest BCUT2D eigenvalue weighted by Gasteiger charge is -2.27. The number of halogens is 3. The van der Waals surface area contributed by atoms with Gasteiger partial charge in [0.1, 0.15) is 12.1 Å². The van der Waals surface area contributed by atoms with Crippen molar-refractivity contribution in [3.05, 3.63) is 71.3 Å². The summed E-state index contributed by atoms with van der Waals surface area (Å²) in [6.07, 6.45) is -4.50. The van der Waals surface area contributed by atoms with Crippen LogP contribution in [0.25, 0.3) is 0 Å². The Morgan fingerprint density at radius 1 is 1.06 bits per heavy atom. The Balaban J connectivity index is 1.81. The van der Waals surface area contributed by atoms with Gasteiger partial charge in [-0.1, -0.05) is 48.5 Å². The first-order valence-electron chi connectivity index (χ1n) is 11.2. The van der Waals surface area contributed by atoms with Gasteiger partial charge in [-0.05, 0) is 30.5 Å². The Bertz CT molecular complexity index is 1090. The molecule has 0 aliphatic carbocycles. The molecule has 1 unspecified atom stereocenters. The molecule has 10 heteroatoms. The second kappa shape index (κ2) is 11.2. The molecule has 0 radical (unpaired) electrons. The molecule has 1 aliphatic heterocycles. The number of benzene rings is 2. The molecule has 3 rings (SSSR count). The maximum absolute atomic E-state index is 13.4. The maximum atomic E-state index is 13.4. The summed E-state index contributed by atoms with van der Waals surface area (Å²) in [5.41, 5.74) is -0.312. The van der Waals surface area contributed by atoms with Crippen molar-refractivity contribution >= 4 is 23.5 Å². The number of hydrogen-bond donors (Lipinski definition) is 2. The number of Topliss-reactive ketones (excluding diaryl/α,β-unsaturated/α-hetero) is 1. The minimum absolute atomic E-state index is 0.0140. The molecule has 2 atom stereocenters. The van der Waals surface area contributed by atoms with E-state index in [2.05, 4.69) is 10.6 Å². The van der Waals surface area contributed by atoms with Crippen LogP contribution < -0.4 is 10.6 Å². The number of hydrogen-bond acceptors (Lipinski definition) is 4. The molecular weight excluding hydrogens is 463 g/mol.